The summed E-state index contributed by atoms with van der Waals surface area (Å²) in [6, 6.07) is 2.38. The van der Waals surface area contributed by atoms with Gasteiger partial charge in [-0.15, -0.1) is 11.3 Å². The van der Waals surface area contributed by atoms with Crippen LogP contribution in [0.4, 0.5) is 0 Å². The van der Waals surface area contributed by atoms with Gasteiger partial charge in [-0.25, -0.2) is 12.7 Å². The van der Waals surface area contributed by atoms with Gasteiger partial charge < -0.3 is 5.32 Å². The Hall–Kier alpha value is 0.0500. The number of thiophene rings is 1. The molecule has 7 heteroatoms. The summed E-state index contributed by atoms with van der Waals surface area (Å²) in [5.41, 5.74) is 0. The maximum Gasteiger partial charge on any atom is 0.211 e. The molecule has 1 saturated heterocycles. The largest absolute Gasteiger partial charge is 0.309 e. The van der Waals surface area contributed by atoms with E-state index in [1.54, 1.807) is 15.6 Å². The third-order valence-corrected chi connectivity index (χ3v) is 7.19. The van der Waals surface area contributed by atoms with Crippen molar-refractivity contribution in [3.8, 4) is 0 Å². The summed E-state index contributed by atoms with van der Waals surface area (Å²) in [6.45, 7) is 4.35. The molecule has 1 aromatic rings. The Bertz CT molecular complexity index is 559. The van der Waals surface area contributed by atoms with Crippen molar-refractivity contribution in [3.63, 3.8) is 0 Å². The highest BCUT2D eigenvalue weighted by Crippen LogP contribution is 2.35. The van der Waals surface area contributed by atoms with Crippen molar-refractivity contribution in [1.82, 2.24) is 9.62 Å². The molecule has 2 atom stereocenters. The van der Waals surface area contributed by atoms with Gasteiger partial charge in [0.2, 0.25) is 10.0 Å². The van der Waals surface area contributed by atoms with Gasteiger partial charge in [0.15, 0.2) is 0 Å². The van der Waals surface area contributed by atoms with E-state index in [-0.39, 0.29) is 0 Å². The fraction of sp³-hybridized carbons (Fsp3) is 0.714. The van der Waals surface area contributed by atoms with Crippen LogP contribution < -0.4 is 5.32 Å². The molecule has 1 N–H and O–H groups in total. The van der Waals surface area contributed by atoms with Crippen LogP contribution in [0.2, 0.25) is 0 Å². The molecule has 0 aromatic carbocycles. The molecule has 1 aromatic heterocycles. The van der Waals surface area contributed by atoms with Gasteiger partial charge in [-0.1, -0.05) is 6.92 Å². The lowest BCUT2D eigenvalue weighted by Gasteiger charge is -2.33. The quantitative estimate of drug-likeness (QED) is 0.805. The van der Waals surface area contributed by atoms with Crippen LogP contribution in [0.5, 0.6) is 0 Å². The molecule has 1 fully saturated rings. The fourth-order valence-corrected chi connectivity index (χ4v) is 5.62. The molecule has 0 amide bonds. The maximum absolute atomic E-state index is 11.7. The predicted octanol–water partition coefficient (Wildman–Crippen LogP) is 3.22. The molecule has 0 saturated carbocycles. The third kappa shape index (κ3) is 4.76. The zero-order valence-corrected chi connectivity index (χ0v) is 15.7. The Kier molecular flexibility index (Phi) is 6.25. The van der Waals surface area contributed by atoms with Crippen molar-refractivity contribution in [2.24, 2.45) is 5.92 Å². The van der Waals surface area contributed by atoms with Gasteiger partial charge in [0.1, 0.15) is 0 Å². The molecule has 2 unspecified atom stereocenters. The van der Waals surface area contributed by atoms with E-state index in [0.717, 1.165) is 30.3 Å². The number of nitrogens with zero attached hydrogens (tertiary/aromatic N) is 1. The van der Waals surface area contributed by atoms with E-state index in [4.69, 9.17) is 0 Å². The Labute approximate surface area is 140 Å². The Balaban J connectivity index is 2.05. The zero-order chi connectivity index (χ0) is 15.5. The number of halogens is 1. The first-order chi connectivity index (χ1) is 9.91. The number of piperidine rings is 1. The molecule has 2 rings (SSSR count). The maximum atomic E-state index is 11.7. The molecule has 0 bridgehead atoms. The lowest BCUT2D eigenvalue weighted by molar-refractivity contribution is 0.239. The van der Waals surface area contributed by atoms with Crippen molar-refractivity contribution < 1.29 is 8.42 Å². The van der Waals surface area contributed by atoms with Crippen LogP contribution in [0.15, 0.2) is 15.9 Å². The molecule has 0 radical (unpaired) electrons. The third-order valence-electron chi connectivity index (χ3n) is 3.93. The minimum Gasteiger partial charge on any atom is -0.309 e. The summed E-state index contributed by atoms with van der Waals surface area (Å²) in [4.78, 5) is 1.31. The van der Waals surface area contributed by atoms with Gasteiger partial charge in [0.05, 0.1) is 6.26 Å². The van der Waals surface area contributed by atoms with Crippen LogP contribution in [-0.4, -0.2) is 38.6 Å². The van der Waals surface area contributed by atoms with Crippen LogP contribution in [0, 0.1) is 5.92 Å². The number of sulfonamides is 1. The Morgan fingerprint density at radius 2 is 2.33 bits per heavy atom. The lowest BCUT2D eigenvalue weighted by Crippen LogP contribution is -2.40. The standard InChI is InChI=1S/C14H23BrN2O2S2/c1-3-16-13(14-12(15)6-8-20-14)9-11-5-4-7-17(10-11)21(2,18)19/h6,8,11,13,16H,3-5,7,9-10H2,1-2H3. The summed E-state index contributed by atoms with van der Waals surface area (Å²) in [7, 11) is -3.06. The second-order valence-corrected chi connectivity index (χ2v) is 9.39. The Morgan fingerprint density at radius 3 is 2.90 bits per heavy atom. The van der Waals surface area contributed by atoms with Crippen molar-refractivity contribution in [2.75, 3.05) is 25.9 Å². The molecule has 1 aliphatic heterocycles. The first-order valence-electron chi connectivity index (χ1n) is 7.33. The molecule has 2 heterocycles. The van der Waals surface area contributed by atoms with E-state index in [0.29, 0.717) is 25.0 Å². The monoisotopic (exact) mass is 394 g/mol. The van der Waals surface area contributed by atoms with Crippen molar-refractivity contribution in [2.45, 2.75) is 32.2 Å². The summed E-state index contributed by atoms with van der Waals surface area (Å²) < 4.78 is 26.2. The van der Waals surface area contributed by atoms with Crippen molar-refractivity contribution >= 4 is 37.3 Å². The van der Waals surface area contributed by atoms with E-state index >= 15 is 0 Å². The van der Waals surface area contributed by atoms with Gasteiger partial charge in [-0.05, 0) is 59.1 Å². The van der Waals surface area contributed by atoms with Crippen LogP contribution in [0.25, 0.3) is 0 Å². The number of hydrogen-bond acceptors (Lipinski definition) is 4. The van der Waals surface area contributed by atoms with Crippen LogP contribution in [-0.2, 0) is 10.0 Å². The minimum absolute atomic E-state index is 0.300. The molecular weight excluding hydrogens is 372 g/mol. The molecule has 120 valence electrons. The summed E-state index contributed by atoms with van der Waals surface area (Å²) in [5.74, 6) is 0.423. The molecular formula is C14H23BrN2O2S2. The van der Waals surface area contributed by atoms with Gasteiger partial charge in [-0.3, -0.25) is 0 Å². The van der Waals surface area contributed by atoms with Crippen LogP contribution in [0.1, 0.15) is 37.1 Å². The summed E-state index contributed by atoms with van der Waals surface area (Å²) in [6.07, 6.45) is 4.37. The average Bonchev–Trinajstić information content (AvgIpc) is 2.84. The van der Waals surface area contributed by atoms with Gasteiger partial charge in [0.25, 0.3) is 0 Å². The van der Waals surface area contributed by atoms with Crippen LogP contribution in [0.3, 0.4) is 0 Å². The zero-order valence-electron chi connectivity index (χ0n) is 12.5. The number of hydrogen-bond donors (Lipinski definition) is 1. The number of rotatable bonds is 6. The first kappa shape index (κ1) is 17.4. The average molecular weight is 395 g/mol. The Morgan fingerprint density at radius 1 is 1.57 bits per heavy atom. The van der Waals surface area contributed by atoms with Crippen molar-refractivity contribution in [1.29, 1.82) is 0 Å². The highest BCUT2D eigenvalue weighted by molar-refractivity contribution is 9.10. The molecule has 0 aliphatic carbocycles. The van der Waals surface area contributed by atoms with Gasteiger partial charge in [-0.2, -0.15) is 0 Å². The van der Waals surface area contributed by atoms with Crippen molar-refractivity contribution in [3.05, 3.63) is 20.8 Å². The second kappa shape index (κ2) is 7.55. The topological polar surface area (TPSA) is 49.4 Å². The smallest absolute Gasteiger partial charge is 0.211 e. The highest BCUT2D eigenvalue weighted by Gasteiger charge is 2.28. The number of nitrogens with one attached hydrogen (secondary N) is 1. The SMILES string of the molecule is CCNC(CC1CCCN(S(C)(=O)=O)C1)c1sccc1Br. The summed E-state index contributed by atoms with van der Waals surface area (Å²) >= 11 is 5.36. The first-order valence-corrected chi connectivity index (χ1v) is 10.8. The van der Waals surface area contributed by atoms with Crippen LogP contribution >= 0.6 is 27.3 Å². The van der Waals surface area contributed by atoms with E-state index in [1.807, 2.05) is 0 Å². The van der Waals surface area contributed by atoms with E-state index in [1.165, 1.54) is 11.1 Å². The molecule has 21 heavy (non-hydrogen) atoms. The lowest BCUT2D eigenvalue weighted by atomic mass is 9.92. The van der Waals surface area contributed by atoms with Gasteiger partial charge >= 0.3 is 0 Å². The second-order valence-electron chi connectivity index (χ2n) is 5.61. The molecule has 0 spiro atoms. The normalized spacial score (nSPS) is 22.3. The van der Waals surface area contributed by atoms with E-state index in [9.17, 15) is 8.42 Å². The fourth-order valence-electron chi connectivity index (χ4n) is 2.94. The highest BCUT2D eigenvalue weighted by atomic mass is 79.9. The summed E-state index contributed by atoms with van der Waals surface area (Å²) in [5, 5.41) is 5.63. The molecule has 4 nitrogen and oxygen atoms in total. The predicted molar refractivity (Wildman–Crippen MR) is 92.2 cm³/mol. The van der Waals surface area contributed by atoms with Gasteiger partial charge in [0, 0.05) is 28.5 Å². The van der Waals surface area contributed by atoms with E-state index < -0.39 is 10.0 Å². The minimum atomic E-state index is -3.06. The molecule has 1 aliphatic rings. The van der Waals surface area contributed by atoms with E-state index in [2.05, 4.69) is 39.6 Å².